The topological polar surface area (TPSA) is 74.9 Å². The Balaban J connectivity index is 1.53. The predicted octanol–water partition coefficient (Wildman–Crippen LogP) is 6.49. The van der Waals surface area contributed by atoms with Gasteiger partial charge in [0.2, 0.25) is 5.91 Å². The first kappa shape index (κ1) is 29.3. The van der Waals surface area contributed by atoms with Crippen molar-refractivity contribution in [1.29, 1.82) is 0 Å². The maximum absolute atomic E-state index is 13.4. The zero-order chi connectivity index (χ0) is 29.2. The van der Waals surface area contributed by atoms with E-state index in [1.54, 1.807) is 23.1 Å². The van der Waals surface area contributed by atoms with E-state index in [2.05, 4.69) is 0 Å². The van der Waals surface area contributed by atoms with Crippen LogP contribution in [0.3, 0.4) is 0 Å². The lowest BCUT2D eigenvalue weighted by Crippen LogP contribution is -2.46. The molecule has 40 heavy (non-hydrogen) atoms. The molecule has 2 aromatic carbocycles. The maximum Gasteiger partial charge on any atom is 0.416 e. The lowest BCUT2D eigenvalue weighted by Gasteiger charge is -2.40. The predicted molar refractivity (Wildman–Crippen MR) is 132 cm³/mol. The largest absolute Gasteiger partial charge is 0.494 e. The molecule has 1 aliphatic heterocycles. The maximum atomic E-state index is 13.4. The average Bonchev–Trinajstić information content (AvgIpc) is 3.23. The van der Waals surface area contributed by atoms with Crippen molar-refractivity contribution >= 4 is 5.91 Å². The Morgan fingerprint density at radius 3 is 2.08 bits per heavy atom. The summed E-state index contributed by atoms with van der Waals surface area (Å²) in [7, 11) is 0. The van der Waals surface area contributed by atoms with E-state index >= 15 is 0 Å². The fraction of sp³-hybridized carbons (Fsp3) is 0.393. The standard InChI is InChI=1S/C28H28F6N2O4/c1-17(19-13-20(27(29,30)31)15-21(14-19)28(32,33)34)40-23-9-11-35(16-22(23)18-5-3-2-4-6-18)24(37)10-12-36-25(38)7-8-26(36)39/h2-8,13-15,17,22-23,38-39H,9-12,16H2,1H3/t17-,22+,23+/m1/s1. The van der Waals surface area contributed by atoms with Crippen molar-refractivity contribution in [3.05, 3.63) is 82.9 Å². The van der Waals surface area contributed by atoms with Crippen molar-refractivity contribution < 1.29 is 46.1 Å². The van der Waals surface area contributed by atoms with Crippen molar-refractivity contribution in [3.8, 4) is 11.8 Å². The minimum Gasteiger partial charge on any atom is -0.494 e. The summed E-state index contributed by atoms with van der Waals surface area (Å²) in [6.45, 7) is 1.91. The van der Waals surface area contributed by atoms with Gasteiger partial charge in [-0.25, -0.2) is 0 Å². The number of ether oxygens (including phenoxy) is 1. The Morgan fingerprint density at radius 1 is 0.950 bits per heavy atom. The van der Waals surface area contributed by atoms with Gasteiger partial charge in [-0.3, -0.25) is 9.36 Å². The number of hydrogen-bond donors (Lipinski definition) is 2. The van der Waals surface area contributed by atoms with Crippen LogP contribution in [0.1, 0.15) is 54.0 Å². The number of benzene rings is 2. The Labute approximate surface area is 226 Å². The molecule has 1 aliphatic rings. The van der Waals surface area contributed by atoms with E-state index in [9.17, 15) is 41.4 Å². The highest BCUT2D eigenvalue weighted by Gasteiger charge is 2.39. The number of rotatable bonds is 7. The van der Waals surface area contributed by atoms with Gasteiger partial charge in [-0.05, 0) is 42.7 Å². The quantitative estimate of drug-likeness (QED) is 0.319. The number of likely N-dealkylation sites (tertiary alicyclic amines) is 1. The fourth-order valence-corrected chi connectivity index (χ4v) is 4.94. The molecule has 4 rings (SSSR count). The van der Waals surface area contributed by atoms with Crippen LogP contribution in [-0.2, 0) is 28.4 Å². The van der Waals surface area contributed by atoms with Crippen LogP contribution in [0, 0.1) is 0 Å². The number of carbonyl (C=O) groups excluding carboxylic acids is 1. The average molecular weight is 571 g/mol. The van der Waals surface area contributed by atoms with Crippen LogP contribution in [-0.4, -0.2) is 44.8 Å². The minimum atomic E-state index is -4.97. The van der Waals surface area contributed by atoms with Crippen LogP contribution >= 0.6 is 0 Å². The molecule has 0 radical (unpaired) electrons. The van der Waals surface area contributed by atoms with E-state index in [1.807, 2.05) is 12.1 Å². The molecule has 2 N–H and O–H groups in total. The highest BCUT2D eigenvalue weighted by atomic mass is 19.4. The molecule has 0 aliphatic carbocycles. The zero-order valence-electron chi connectivity index (χ0n) is 21.4. The number of amides is 1. The molecule has 0 bridgehead atoms. The van der Waals surface area contributed by atoms with Gasteiger partial charge in [0.1, 0.15) is 0 Å². The zero-order valence-corrected chi connectivity index (χ0v) is 21.4. The van der Waals surface area contributed by atoms with Crippen LogP contribution < -0.4 is 0 Å². The first-order chi connectivity index (χ1) is 18.7. The normalized spacial score (nSPS) is 19.0. The highest BCUT2D eigenvalue weighted by Crippen LogP contribution is 2.39. The number of carbonyl (C=O) groups is 1. The summed E-state index contributed by atoms with van der Waals surface area (Å²) in [6.07, 6.45) is -11.3. The van der Waals surface area contributed by atoms with Crippen LogP contribution in [0.15, 0.2) is 60.7 Å². The Bertz CT molecular complexity index is 1270. The third kappa shape index (κ3) is 6.72. The van der Waals surface area contributed by atoms with Crippen molar-refractivity contribution in [2.75, 3.05) is 13.1 Å². The van der Waals surface area contributed by atoms with E-state index in [1.165, 1.54) is 23.6 Å². The van der Waals surface area contributed by atoms with E-state index < -0.39 is 41.6 Å². The Hall–Kier alpha value is -3.67. The van der Waals surface area contributed by atoms with Gasteiger partial charge in [0.05, 0.1) is 23.3 Å². The molecule has 1 aromatic heterocycles. The number of hydrogen-bond acceptors (Lipinski definition) is 4. The van der Waals surface area contributed by atoms with Crippen molar-refractivity contribution in [3.63, 3.8) is 0 Å². The summed E-state index contributed by atoms with van der Waals surface area (Å²) in [5, 5.41) is 19.6. The Kier molecular flexibility index (Phi) is 8.38. The molecule has 12 heteroatoms. The first-order valence-electron chi connectivity index (χ1n) is 12.6. The third-order valence-corrected chi connectivity index (χ3v) is 7.07. The van der Waals surface area contributed by atoms with Crippen molar-refractivity contribution in [2.24, 2.45) is 0 Å². The second-order valence-corrected chi connectivity index (χ2v) is 9.75. The second kappa shape index (κ2) is 11.4. The van der Waals surface area contributed by atoms with Gasteiger partial charge >= 0.3 is 12.4 Å². The Morgan fingerprint density at radius 2 is 1.52 bits per heavy atom. The van der Waals surface area contributed by atoms with Crippen molar-refractivity contribution in [1.82, 2.24) is 9.47 Å². The van der Waals surface area contributed by atoms with Gasteiger partial charge in [-0.15, -0.1) is 0 Å². The molecular formula is C28H28F6N2O4. The molecule has 3 atom stereocenters. The summed E-state index contributed by atoms with van der Waals surface area (Å²) in [5.74, 6) is -1.01. The summed E-state index contributed by atoms with van der Waals surface area (Å²) in [5.41, 5.74) is -2.27. The summed E-state index contributed by atoms with van der Waals surface area (Å²) < 4.78 is 87.6. The van der Waals surface area contributed by atoms with Crippen LogP contribution in [0.25, 0.3) is 0 Å². The molecule has 1 saturated heterocycles. The van der Waals surface area contributed by atoms with E-state index in [-0.39, 0.29) is 55.4 Å². The van der Waals surface area contributed by atoms with Gasteiger partial charge in [-0.1, -0.05) is 30.3 Å². The SMILES string of the molecule is C[C@@H](O[C@H]1CCN(C(=O)CCn2c(O)ccc2O)C[C@H]1c1ccccc1)c1cc(C(F)(F)F)cc(C(F)(F)F)c1. The van der Waals surface area contributed by atoms with Crippen molar-refractivity contribution in [2.45, 2.75) is 56.8 Å². The summed E-state index contributed by atoms with van der Waals surface area (Å²) in [4.78, 5) is 14.6. The van der Waals surface area contributed by atoms with Gasteiger partial charge in [0, 0.05) is 44.1 Å². The monoisotopic (exact) mass is 570 g/mol. The number of aromatic hydroxyl groups is 2. The number of aromatic nitrogens is 1. The molecule has 0 spiro atoms. The molecule has 0 unspecified atom stereocenters. The number of alkyl halides is 6. The highest BCUT2D eigenvalue weighted by molar-refractivity contribution is 5.76. The summed E-state index contributed by atoms with van der Waals surface area (Å²) >= 11 is 0. The molecular weight excluding hydrogens is 542 g/mol. The van der Waals surface area contributed by atoms with Gasteiger partial charge < -0.3 is 19.8 Å². The van der Waals surface area contributed by atoms with E-state index in [4.69, 9.17) is 4.74 Å². The number of piperidine rings is 1. The fourth-order valence-electron chi connectivity index (χ4n) is 4.94. The molecule has 3 aromatic rings. The summed E-state index contributed by atoms with van der Waals surface area (Å²) in [6, 6.07) is 13.0. The molecule has 1 fully saturated rings. The van der Waals surface area contributed by atoms with Gasteiger partial charge in [0.25, 0.3) is 0 Å². The molecule has 1 amide bonds. The van der Waals surface area contributed by atoms with Crippen LogP contribution in [0.4, 0.5) is 26.3 Å². The number of nitrogens with zero attached hydrogens (tertiary/aromatic N) is 2. The van der Waals surface area contributed by atoms with E-state index in [0.29, 0.717) is 18.6 Å². The van der Waals surface area contributed by atoms with Crippen LogP contribution in [0.5, 0.6) is 11.8 Å². The van der Waals surface area contributed by atoms with Gasteiger partial charge in [0.15, 0.2) is 11.8 Å². The lowest BCUT2D eigenvalue weighted by molar-refractivity contribution is -0.143. The molecule has 216 valence electrons. The molecule has 0 saturated carbocycles. The van der Waals surface area contributed by atoms with Crippen LogP contribution in [0.2, 0.25) is 0 Å². The number of halogens is 6. The lowest BCUT2D eigenvalue weighted by atomic mass is 9.87. The third-order valence-electron chi connectivity index (χ3n) is 7.07. The second-order valence-electron chi connectivity index (χ2n) is 9.75. The molecule has 6 nitrogen and oxygen atoms in total. The minimum absolute atomic E-state index is 0.0102. The smallest absolute Gasteiger partial charge is 0.416 e. The van der Waals surface area contributed by atoms with E-state index in [0.717, 1.165) is 5.56 Å². The molecule has 2 heterocycles. The van der Waals surface area contributed by atoms with Gasteiger partial charge in [-0.2, -0.15) is 26.3 Å². The first-order valence-corrected chi connectivity index (χ1v) is 12.6.